The van der Waals surface area contributed by atoms with E-state index in [1.165, 1.54) is 6.20 Å². The maximum absolute atomic E-state index is 11.2. The number of aromatic nitrogens is 1. The van der Waals surface area contributed by atoms with E-state index in [-0.39, 0.29) is 17.7 Å². The van der Waals surface area contributed by atoms with Crippen LogP contribution in [0.1, 0.15) is 19.3 Å². The maximum atomic E-state index is 11.2. The molecule has 1 aromatic heterocycles. The van der Waals surface area contributed by atoms with Crippen LogP contribution in [-0.2, 0) is 0 Å². The number of pyridine rings is 1. The van der Waals surface area contributed by atoms with E-state index in [9.17, 15) is 15.2 Å². The van der Waals surface area contributed by atoms with Crippen molar-refractivity contribution in [3.05, 3.63) is 40.6 Å². The first-order valence-corrected chi connectivity index (χ1v) is 7.11. The van der Waals surface area contributed by atoms with Crippen LogP contribution in [0, 0.1) is 16.0 Å². The van der Waals surface area contributed by atoms with Crippen molar-refractivity contribution in [1.82, 2.24) is 4.98 Å². The number of hydrogen-bond acceptors (Lipinski definition) is 5. The average Bonchev–Trinajstić information content (AvgIpc) is 2.89. The van der Waals surface area contributed by atoms with Gasteiger partial charge in [-0.15, -0.1) is 0 Å². The highest BCUT2D eigenvalue weighted by atomic mass is 16.6. The lowest BCUT2D eigenvalue weighted by Gasteiger charge is -2.16. The third-order valence-corrected chi connectivity index (χ3v) is 4.11. The molecular weight excluding hydrogens is 270 g/mol. The van der Waals surface area contributed by atoms with E-state index < -0.39 is 4.92 Å². The van der Waals surface area contributed by atoms with E-state index in [1.807, 2.05) is 24.3 Å². The molecule has 21 heavy (non-hydrogen) atoms. The lowest BCUT2D eigenvalue weighted by atomic mass is 10.1. The molecule has 2 N–H and O–H groups in total. The van der Waals surface area contributed by atoms with Crippen molar-refractivity contribution in [2.75, 3.05) is 11.9 Å². The monoisotopic (exact) mass is 287 g/mol. The summed E-state index contributed by atoms with van der Waals surface area (Å²) in [6, 6.07) is 7.34. The molecule has 1 aliphatic carbocycles. The van der Waals surface area contributed by atoms with Crippen LogP contribution in [0.2, 0.25) is 0 Å². The summed E-state index contributed by atoms with van der Waals surface area (Å²) in [5.41, 5.74) is 1.18. The van der Waals surface area contributed by atoms with E-state index in [0.717, 1.165) is 30.2 Å². The van der Waals surface area contributed by atoms with Gasteiger partial charge in [-0.05, 0) is 18.9 Å². The van der Waals surface area contributed by atoms with Crippen LogP contribution < -0.4 is 5.32 Å². The van der Waals surface area contributed by atoms with Crippen LogP contribution in [-0.4, -0.2) is 27.7 Å². The number of hydrogen-bond donors (Lipinski definition) is 2. The molecule has 0 saturated heterocycles. The normalized spacial score (nSPS) is 21.6. The van der Waals surface area contributed by atoms with Crippen LogP contribution in [0.4, 0.5) is 11.4 Å². The SMILES string of the molecule is O=[N+]([O-])c1cnc2ccccc2c1NCC1CCCC1O. The van der Waals surface area contributed by atoms with Gasteiger partial charge in [-0.3, -0.25) is 10.1 Å². The average molecular weight is 287 g/mol. The van der Waals surface area contributed by atoms with E-state index in [2.05, 4.69) is 10.3 Å². The zero-order chi connectivity index (χ0) is 14.8. The summed E-state index contributed by atoms with van der Waals surface area (Å²) in [5.74, 6) is 0.150. The van der Waals surface area contributed by atoms with Gasteiger partial charge < -0.3 is 10.4 Å². The maximum Gasteiger partial charge on any atom is 0.311 e. The molecule has 1 aromatic carbocycles. The molecule has 1 aliphatic rings. The predicted octanol–water partition coefficient (Wildman–Crippen LogP) is 2.72. The molecule has 1 saturated carbocycles. The van der Waals surface area contributed by atoms with Gasteiger partial charge >= 0.3 is 5.69 Å². The van der Waals surface area contributed by atoms with Gasteiger partial charge in [-0.1, -0.05) is 24.6 Å². The fraction of sp³-hybridized carbons (Fsp3) is 0.400. The topological polar surface area (TPSA) is 88.3 Å². The molecule has 1 fully saturated rings. The van der Waals surface area contributed by atoms with Crippen molar-refractivity contribution >= 4 is 22.3 Å². The van der Waals surface area contributed by atoms with Gasteiger partial charge in [0, 0.05) is 17.8 Å². The number of nitrogens with one attached hydrogen (secondary N) is 1. The number of benzene rings is 1. The Labute approximate surface area is 122 Å². The van der Waals surface area contributed by atoms with Gasteiger partial charge in [0.15, 0.2) is 0 Å². The Morgan fingerprint density at radius 2 is 2.19 bits per heavy atom. The standard InChI is InChI=1S/C15H17N3O3/c19-14-7-3-4-10(14)8-17-15-11-5-1-2-6-12(11)16-9-13(15)18(20)21/h1-2,5-6,9-10,14,19H,3-4,7-8H2,(H,16,17). The second kappa shape index (κ2) is 5.65. The first-order valence-electron chi connectivity index (χ1n) is 7.11. The number of aliphatic hydroxyl groups is 1. The number of anilines is 1. The van der Waals surface area contributed by atoms with Crippen LogP contribution in [0.15, 0.2) is 30.5 Å². The molecule has 1 heterocycles. The van der Waals surface area contributed by atoms with E-state index in [4.69, 9.17) is 0 Å². The third-order valence-electron chi connectivity index (χ3n) is 4.11. The minimum absolute atomic E-state index is 0.0267. The summed E-state index contributed by atoms with van der Waals surface area (Å²) in [7, 11) is 0. The zero-order valence-corrected chi connectivity index (χ0v) is 11.5. The summed E-state index contributed by atoms with van der Waals surface area (Å²) in [6.45, 7) is 0.538. The largest absolute Gasteiger partial charge is 0.393 e. The Morgan fingerprint density at radius 1 is 1.38 bits per heavy atom. The quantitative estimate of drug-likeness (QED) is 0.666. The van der Waals surface area contributed by atoms with Crippen LogP contribution >= 0.6 is 0 Å². The van der Waals surface area contributed by atoms with Crippen LogP contribution in [0.25, 0.3) is 10.9 Å². The van der Waals surface area contributed by atoms with Gasteiger partial charge in [-0.25, -0.2) is 4.98 Å². The second-order valence-corrected chi connectivity index (χ2v) is 5.43. The van der Waals surface area contributed by atoms with Crippen molar-refractivity contribution in [3.8, 4) is 0 Å². The number of nitrogens with zero attached hydrogens (tertiary/aromatic N) is 2. The summed E-state index contributed by atoms with van der Waals surface area (Å²) >= 11 is 0. The highest BCUT2D eigenvalue weighted by molar-refractivity contribution is 5.95. The summed E-state index contributed by atoms with van der Waals surface area (Å²) < 4.78 is 0. The molecule has 0 spiro atoms. The first kappa shape index (κ1) is 13.8. The molecule has 2 unspecified atom stereocenters. The highest BCUT2D eigenvalue weighted by Crippen LogP contribution is 2.33. The summed E-state index contributed by atoms with van der Waals surface area (Å²) in [6.07, 6.45) is 3.74. The van der Waals surface area contributed by atoms with E-state index >= 15 is 0 Å². The van der Waals surface area contributed by atoms with Gasteiger partial charge in [-0.2, -0.15) is 0 Å². The molecule has 2 aromatic rings. The van der Waals surface area contributed by atoms with Gasteiger partial charge in [0.05, 0.1) is 16.5 Å². The van der Waals surface area contributed by atoms with Crippen molar-refractivity contribution in [3.63, 3.8) is 0 Å². The fourth-order valence-corrected chi connectivity index (χ4v) is 2.94. The van der Waals surface area contributed by atoms with E-state index in [1.54, 1.807) is 0 Å². The van der Waals surface area contributed by atoms with Crippen molar-refractivity contribution in [1.29, 1.82) is 0 Å². The van der Waals surface area contributed by atoms with Gasteiger partial charge in [0.25, 0.3) is 0 Å². The fourth-order valence-electron chi connectivity index (χ4n) is 2.94. The molecule has 0 amide bonds. The number of nitro groups is 1. The summed E-state index contributed by atoms with van der Waals surface area (Å²) in [5, 5.41) is 25.0. The molecular formula is C15H17N3O3. The predicted molar refractivity (Wildman–Crippen MR) is 80.2 cm³/mol. The van der Waals surface area contributed by atoms with Crippen molar-refractivity contribution < 1.29 is 10.0 Å². The number of aliphatic hydroxyl groups excluding tert-OH is 1. The molecule has 0 bridgehead atoms. The highest BCUT2D eigenvalue weighted by Gasteiger charge is 2.26. The van der Waals surface area contributed by atoms with Gasteiger partial charge in [0.1, 0.15) is 11.9 Å². The van der Waals surface area contributed by atoms with Gasteiger partial charge in [0.2, 0.25) is 0 Å². The summed E-state index contributed by atoms with van der Waals surface area (Å²) in [4.78, 5) is 14.9. The Bertz CT molecular complexity index is 674. The second-order valence-electron chi connectivity index (χ2n) is 5.43. The molecule has 0 radical (unpaired) electrons. The lowest BCUT2D eigenvalue weighted by molar-refractivity contribution is -0.384. The molecule has 2 atom stereocenters. The third kappa shape index (κ3) is 2.67. The van der Waals surface area contributed by atoms with E-state index in [0.29, 0.717) is 12.2 Å². The Morgan fingerprint density at radius 3 is 2.90 bits per heavy atom. The Kier molecular flexibility index (Phi) is 3.70. The number of para-hydroxylation sites is 1. The molecule has 110 valence electrons. The molecule has 6 nitrogen and oxygen atoms in total. The van der Waals surface area contributed by atoms with Crippen LogP contribution in [0.3, 0.4) is 0 Å². The van der Waals surface area contributed by atoms with Crippen LogP contribution in [0.5, 0.6) is 0 Å². The van der Waals surface area contributed by atoms with Crippen molar-refractivity contribution in [2.45, 2.75) is 25.4 Å². The number of rotatable bonds is 4. The Hall–Kier alpha value is -2.21. The molecule has 3 rings (SSSR count). The molecule has 0 aliphatic heterocycles. The first-order chi connectivity index (χ1) is 10.2. The Balaban J connectivity index is 1.94. The molecule has 6 heteroatoms. The van der Waals surface area contributed by atoms with Crippen molar-refractivity contribution in [2.24, 2.45) is 5.92 Å². The lowest BCUT2D eigenvalue weighted by Crippen LogP contribution is -2.22. The zero-order valence-electron chi connectivity index (χ0n) is 11.5. The smallest absolute Gasteiger partial charge is 0.311 e. The minimum Gasteiger partial charge on any atom is -0.393 e. The minimum atomic E-state index is -0.424. The number of fused-ring (bicyclic) bond motifs is 1.